The molecule has 0 aliphatic rings. The molecule has 1 atom stereocenters. The smallest absolute Gasteiger partial charge is 0.330 e. The summed E-state index contributed by atoms with van der Waals surface area (Å²) in [6.45, 7) is 11.3. The monoisotopic (exact) mass is 284 g/mol. The van der Waals surface area contributed by atoms with Gasteiger partial charge in [-0.2, -0.15) is 0 Å². The van der Waals surface area contributed by atoms with E-state index in [0.29, 0.717) is 11.4 Å². The maximum absolute atomic E-state index is 11.6. The molecule has 1 unspecified atom stereocenters. The van der Waals surface area contributed by atoms with Crippen LogP contribution >= 0.6 is 11.6 Å². The van der Waals surface area contributed by atoms with Gasteiger partial charge in [-0.1, -0.05) is 41.5 Å². The van der Waals surface area contributed by atoms with Gasteiger partial charge in [0, 0.05) is 23.4 Å². The minimum absolute atomic E-state index is 0.182. The Bertz CT molecular complexity index is 472. The van der Waals surface area contributed by atoms with Crippen LogP contribution in [0.2, 0.25) is 0 Å². The molecule has 1 rings (SSSR count). The van der Waals surface area contributed by atoms with Gasteiger partial charge in [-0.05, 0) is 5.41 Å². The van der Waals surface area contributed by atoms with Gasteiger partial charge in [0.05, 0.1) is 0 Å². The van der Waals surface area contributed by atoms with Crippen molar-refractivity contribution in [2.75, 3.05) is 0 Å². The lowest BCUT2D eigenvalue weighted by molar-refractivity contribution is -0.143. The summed E-state index contributed by atoms with van der Waals surface area (Å²) in [5.41, 5.74) is -0.437. The first-order valence-electron chi connectivity index (χ1n) is 6.16. The molecule has 0 fully saturated rings. The molecule has 0 aliphatic heterocycles. The number of carboxylic acids is 1. The number of halogens is 1. The Morgan fingerprint density at radius 1 is 1.11 bits per heavy atom. The van der Waals surface area contributed by atoms with Gasteiger partial charge in [-0.3, -0.25) is 0 Å². The molecule has 1 heterocycles. The lowest BCUT2D eigenvalue weighted by Crippen LogP contribution is -2.42. The van der Waals surface area contributed by atoms with Gasteiger partial charge in [0.1, 0.15) is 5.82 Å². The van der Waals surface area contributed by atoms with Crippen molar-refractivity contribution in [3.05, 3.63) is 23.8 Å². The van der Waals surface area contributed by atoms with Gasteiger partial charge >= 0.3 is 5.97 Å². The molecule has 4 nitrogen and oxygen atoms in total. The van der Waals surface area contributed by atoms with Crippen molar-refractivity contribution in [1.29, 1.82) is 0 Å². The van der Waals surface area contributed by atoms with Crippen LogP contribution in [0.5, 0.6) is 0 Å². The zero-order valence-electron chi connectivity index (χ0n) is 12.3. The van der Waals surface area contributed by atoms with Crippen LogP contribution in [0.15, 0.2) is 12.4 Å². The van der Waals surface area contributed by atoms with Gasteiger partial charge in [-0.25, -0.2) is 14.8 Å². The van der Waals surface area contributed by atoms with Crippen LogP contribution in [0, 0.1) is 5.41 Å². The summed E-state index contributed by atoms with van der Waals surface area (Å²) in [5, 5.41) is 9.46. The number of alkyl halides is 1. The Morgan fingerprint density at radius 2 is 1.53 bits per heavy atom. The average molecular weight is 285 g/mol. The largest absolute Gasteiger partial charge is 0.480 e. The molecular formula is C14H21ClN2O2. The molecule has 1 aromatic rings. The fourth-order valence-corrected chi connectivity index (χ4v) is 1.87. The fourth-order valence-electron chi connectivity index (χ4n) is 1.77. The van der Waals surface area contributed by atoms with Crippen LogP contribution in [0.25, 0.3) is 0 Å². The third kappa shape index (κ3) is 2.89. The van der Waals surface area contributed by atoms with E-state index < -0.39 is 16.3 Å². The first kappa shape index (κ1) is 15.9. The number of nitrogens with zero attached hydrogens (tertiary/aromatic N) is 2. The minimum Gasteiger partial charge on any atom is -0.480 e. The standard InChI is InChI=1S/C14H21ClN2O2/c1-12(2,3)10-16-7-9(8-17-10)14(15,11(18)19)13(4,5)6/h7-8H,1-6H3,(H,18,19). The van der Waals surface area contributed by atoms with E-state index in [4.69, 9.17) is 11.6 Å². The number of rotatable bonds is 2. The third-order valence-corrected chi connectivity index (χ3v) is 4.00. The van der Waals surface area contributed by atoms with Gasteiger partial charge in [-0.15, -0.1) is 11.6 Å². The van der Waals surface area contributed by atoms with Gasteiger partial charge in [0.2, 0.25) is 0 Å². The van der Waals surface area contributed by atoms with E-state index in [1.807, 2.05) is 20.8 Å². The van der Waals surface area contributed by atoms with Gasteiger partial charge < -0.3 is 5.11 Å². The molecule has 0 saturated carbocycles. The molecule has 0 aromatic carbocycles. The molecule has 0 amide bonds. The molecule has 0 bridgehead atoms. The van der Waals surface area contributed by atoms with E-state index in [2.05, 4.69) is 9.97 Å². The minimum atomic E-state index is -1.54. The van der Waals surface area contributed by atoms with E-state index in [-0.39, 0.29) is 5.41 Å². The molecule has 19 heavy (non-hydrogen) atoms. The highest BCUT2D eigenvalue weighted by molar-refractivity contribution is 6.34. The maximum Gasteiger partial charge on any atom is 0.330 e. The molecule has 0 saturated heterocycles. The third-order valence-electron chi connectivity index (χ3n) is 3.05. The second-order valence-electron chi connectivity index (χ2n) is 6.76. The highest BCUT2D eigenvalue weighted by Crippen LogP contribution is 2.45. The van der Waals surface area contributed by atoms with Crippen molar-refractivity contribution < 1.29 is 9.90 Å². The van der Waals surface area contributed by atoms with E-state index >= 15 is 0 Å². The first-order chi connectivity index (χ1) is 8.40. The number of aliphatic carboxylic acids is 1. The number of aromatic nitrogens is 2. The molecule has 5 heteroatoms. The summed E-state index contributed by atoms with van der Waals surface area (Å²) in [4.78, 5) is 18.5. The van der Waals surface area contributed by atoms with Crippen LogP contribution < -0.4 is 0 Å². The van der Waals surface area contributed by atoms with Crippen molar-refractivity contribution in [2.45, 2.75) is 51.8 Å². The molecule has 1 N–H and O–H groups in total. The summed E-state index contributed by atoms with van der Waals surface area (Å²) >= 11 is 6.36. The Balaban J connectivity index is 3.32. The van der Waals surface area contributed by atoms with Crippen LogP contribution in [0.4, 0.5) is 0 Å². The number of hydrogen-bond acceptors (Lipinski definition) is 3. The lowest BCUT2D eigenvalue weighted by Gasteiger charge is -2.35. The zero-order chi connectivity index (χ0) is 15.1. The number of carbonyl (C=O) groups is 1. The Morgan fingerprint density at radius 3 is 1.79 bits per heavy atom. The number of hydrogen-bond donors (Lipinski definition) is 1. The second kappa shape index (κ2) is 4.75. The first-order valence-corrected chi connectivity index (χ1v) is 6.54. The Labute approximate surface area is 119 Å². The summed E-state index contributed by atoms with van der Waals surface area (Å²) < 4.78 is 0. The van der Waals surface area contributed by atoms with Crippen molar-refractivity contribution in [3.63, 3.8) is 0 Å². The van der Waals surface area contributed by atoms with Crippen LogP contribution in [0.3, 0.4) is 0 Å². The predicted octanol–water partition coefficient (Wildman–Crippen LogP) is 3.34. The molecule has 0 spiro atoms. The fraction of sp³-hybridized carbons (Fsp3) is 0.643. The van der Waals surface area contributed by atoms with Crippen molar-refractivity contribution in [2.24, 2.45) is 5.41 Å². The SMILES string of the molecule is CC(C)(C)c1ncc(C(Cl)(C(=O)O)C(C)(C)C)cn1. The quantitative estimate of drug-likeness (QED) is 0.846. The Kier molecular flexibility index (Phi) is 3.97. The molecular weight excluding hydrogens is 264 g/mol. The van der Waals surface area contributed by atoms with E-state index in [1.165, 1.54) is 12.4 Å². The molecule has 106 valence electrons. The summed E-state index contributed by atoms with van der Waals surface area (Å²) in [6, 6.07) is 0. The topological polar surface area (TPSA) is 63.1 Å². The van der Waals surface area contributed by atoms with Crippen molar-refractivity contribution in [3.8, 4) is 0 Å². The van der Waals surface area contributed by atoms with Crippen LogP contribution in [-0.2, 0) is 15.1 Å². The van der Waals surface area contributed by atoms with E-state index in [9.17, 15) is 9.90 Å². The molecule has 0 aliphatic carbocycles. The van der Waals surface area contributed by atoms with Gasteiger partial charge in [0.15, 0.2) is 4.87 Å². The van der Waals surface area contributed by atoms with Crippen molar-refractivity contribution in [1.82, 2.24) is 9.97 Å². The summed E-state index contributed by atoms with van der Waals surface area (Å²) in [5.74, 6) is -0.427. The lowest BCUT2D eigenvalue weighted by atomic mass is 9.76. The highest BCUT2D eigenvalue weighted by Gasteiger charge is 2.49. The van der Waals surface area contributed by atoms with E-state index in [0.717, 1.165) is 0 Å². The summed E-state index contributed by atoms with van der Waals surface area (Å²) in [7, 11) is 0. The second-order valence-corrected chi connectivity index (χ2v) is 7.33. The van der Waals surface area contributed by atoms with Crippen LogP contribution in [-0.4, -0.2) is 21.0 Å². The van der Waals surface area contributed by atoms with E-state index in [1.54, 1.807) is 20.8 Å². The Hall–Kier alpha value is -1.16. The molecule has 1 aromatic heterocycles. The average Bonchev–Trinajstić information content (AvgIpc) is 2.25. The van der Waals surface area contributed by atoms with Gasteiger partial charge in [0.25, 0.3) is 0 Å². The predicted molar refractivity (Wildman–Crippen MR) is 75.4 cm³/mol. The normalized spacial score (nSPS) is 15.9. The van der Waals surface area contributed by atoms with Crippen molar-refractivity contribution >= 4 is 17.6 Å². The zero-order valence-corrected chi connectivity index (χ0v) is 13.0. The molecule has 0 radical (unpaired) electrons. The number of carboxylic acid groups (broad SMARTS) is 1. The maximum atomic E-state index is 11.6. The highest BCUT2D eigenvalue weighted by atomic mass is 35.5. The summed E-state index contributed by atoms with van der Waals surface area (Å²) in [6.07, 6.45) is 3.03. The van der Waals surface area contributed by atoms with Crippen LogP contribution in [0.1, 0.15) is 52.9 Å².